The molecule has 1 amide bonds. The summed E-state index contributed by atoms with van der Waals surface area (Å²) >= 11 is 7.51. The molecule has 5 aromatic rings. The van der Waals surface area contributed by atoms with Crippen molar-refractivity contribution < 1.29 is 14.3 Å². The predicted molar refractivity (Wildman–Crippen MR) is 184 cm³/mol. The summed E-state index contributed by atoms with van der Waals surface area (Å²) in [6.07, 6.45) is 1.82. The highest BCUT2D eigenvalue weighted by Crippen LogP contribution is 2.33. The van der Waals surface area contributed by atoms with E-state index in [9.17, 15) is 9.59 Å². The Hall–Kier alpha value is -4.66. The molecule has 0 N–H and O–H groups in total. The Balaban J connectivity index is 1.37. The maximum absolute atomic E-state index is 14.1. The summed E-state index contributed by atoms with van der Waals surface area (Å²) in [4.78, 5) is 34.9. The third kappa shape index (κ3) is 5.98. The van der Waals surface area contributed by atoms with Gasteiger partial charge in [-0.2, -0.15) is 0 Å². The van der Waals surface area contributed by atoms with Gasteiger partial charge in [0, 0.05) is 18.1 Å². The van der Waals surface area contributed by atoms with Crippen LogP contribution in [0.4, 0.5) is 0 Å². The smallest absolute Gasteiger partial charge is 0.271 e. The molecule has 1 aliphatic heterocycles. The van der Waals surface area contributed by atoms with Gasteiger partial charge in [0.25, 0.3) is 11.5 Å². The van der Waals surface area contributed by atoms with E-state index in [0.29, 0.717) is 56.8 Å². The molecule has 4 aromatic carbocycles. The van der Waals surface area contributed by atoms with Gasteiger partial charge in [0.15, 0.2) is 16.3 Å². The third-order valence-electron chi connectivity index (χ3n) is 8.24. The average Bonchev–Trinajstić information content (AvgIpc) is 3.37. The number of carbonyl (C=O) groups is 1. The molecule has 1 aromatic heterocycles. The number of rotatable bonds is 9. The molecule has 1 aliphatic rings. The fraction of sp³-hybridized carbons (Fsp3) is 0.216. The zero-order valence-electron chi connectivity index (χ0n) is 26.1. The van der Waals surface area contributed by atoms with Gasteiger partial charge < -0.3 is 14.4 Å². The van der Waals surface area contributed by atoms with Crippen LogP contribution in [0.25, 0.3) is 16.8 Å². The predicted octanol–water partition coefficient (Wildman–Crippen LogP) is 6.50. The first kappa shape index (κ1) is 31.3. The van der Waals surface area contributed by atoms with Crippen molar-refractivity contribution in [2.45, 2.75) is 33.4 Å². The molecule has 9 heteroatoms. The minimum Gasteiger partial charge on any atom is -0.493 e. The number of ether oxygens (including phenoxy) is 2. The van der Waals surface area contributed by atoms with Gasteiger partial charge >= 0.3 is 0 Å². The SMILES string of the molecule is CCN(CC)C(=O)C1=C(C)N=c2s/c(=C/c3ccc(OCc4cccc5ccccc45)c(OC)c3)c(=O)n2[C@H]1c1ccc(Cl)cc1. The van der Waals surface area contributed by atoms with Crippen LogP contribution in [-0.2, 0) is 11.4 Å². The van der Waals surface area contributed by atoms with Gasteiger partial charge in [-0.15, -0.1) is 0 Å². The van der Waals surface area contributed by atoms with Gasteiger partial charge in [-0.1, -0.05) is 83.6 Å². The van der Waals surface area contributed by atoms with Crippen LogP contribution in [-0.4, -0.2) is 35.6 Å². The Bertz CT molecular complexity index is 2140. The van der Waals surface area contributed by atoms with Gasteiger partial charge in [0.1, 0.15) is 6.61 Å². The maximum Gasteiger partial charge on any atom is 0.271 e. The number of amides is 1. The first-order chi connectivity index (χ1) is 22.3. The highest BCUT2D eigenvalue weighted by molar-refractivity contribution is 7.07. The molecule has 0 saturated carbocycles. The van der Waals surface area contributed by atoms with Crippen molar-refractivity contribution in [2.24, 2.45) is 4.99 Å². The van der Waals surface area contributed by atoms with E-state index in [4.69, 9.17) is 26.1 Å². The lowest BCUT2D eigenvalue weighted by Gasteiger charge is -2.29. The topological polar surface area (TPSA) is 73.1 Å². The second-order valence-electron chi connectivity index (χ2n) is 10.9. The molecular formula is C37H34ClN3O4S. The van der Waals surface area contributed by atoms with Gasteiger partial charge in [0.2, 0.25) is 0 Å². The Morgan fingerprint density at radius 3 is 2.48 bits per heavy atom. The average molecular weight is 652 g/mol. The summed E-state index contributed by atoms with van der Waals surface area (Å²) < 4.78 is 14.0. The van der Waals surface area contributed by atoms with Crippen LogP contribution in [0, 0.1) is 0 Å². The number of thiazole rings is 1. The normalized spacial score (nSPS) is 14.6. The zero-order chi connectivity index (χ0) is 32.4. The summed E-state index contributed by atoms with van der Waals surface area (Å²) in [6.45, 7) is 7.20. The van der Waals surface area contributed by atoms with E-state index in [1.54, 1.807) is 28.7 Å². The Kier molecular flexibility index (Phi) is 9.10. The van der Waals surface area contributed by atoms with E-state index in [-0.39, 0.29) is 11.5 Å². The highest BCUT2D eigenvalue weighted by atomic mass is 35.5. The quantitative estimate of drug-likeness (QED) is 0.183. The standard InChI is InChI=1S/C37H34ClN3O4S/c1-5-40(6-2)36(43)33-23(3)39-37-41(34(33)26-15-17-28(38)18-16-26)35(42)32(46-37)21-24-14-19-30(31(20-24)44-4)45-22-27-12-9-11-25-10-7-8-13-29(25)27/h7-21,34H,5-6,22H2,1-4H3/b32-21+/t34-/m0/s1. The Labute approximate surface area is 276 Å². The molecule has 0 radical (unpaired) electrons. The van der Waals surface area contributed by atoms with Crippen LogP contribution >= 0.6 is 22.9 Å². The van der Waals surface area contributed by atoms with Crippen molar-refractivity contribution in [1.29, 1.82) is 0 Å². The largest absolute Gasteiger partial charge is 0.493 e. The Morgan fingerprint density at radius 2 is 1.74 bits per heavy atom. The second kappa shape index (κ2) is 13.4. The molecule has 0 fully saturated rings. The lowest BCUT2D eigenvalue weighted by atomic mass is 9.94. The molecule has 1 atom stereocenters. The van der Waals surface area contributed by atoms with Crippen molar-refractivity contribution in [3.8, 4) is 11.5 Å². The summed E-state index contributed by atoms with van der Waals surface area (Å²) in [6, 6.07) is 26.6. The fourth-order valence-corrected chi connectivity index (χ4v) is 7.03. The van der Waals surface area contributed by atoms with E-state index in [2.05, 4.69) is 24.3 Å². The van der Waals surface area contributed by atoms with Crippen LogP contribution in [0.5, 0.6) is 11.5 Å². The van der Waals surface area contributed by atoms with Gasteiger partial charge in [0.05, 0.1) is 29.0 Å². The molecule has 0 aliphatic carbocycles. The molecule has 234 valence electrons. The number of aromatic nitrogens is 1. The molecule has 6 rings (SSSR count). The van der Waals surface area contributed by atoms with Gasteiger partial charge in [-0.3, -0.25) is 14.2 Å². The lowest BCUT2D eigenvalue weighted by Crippen LogP contribution is -2.43. The molecule has 46 heavy (non-hydrogen) atoms. The molecule has 7 nitrogen and oxygen atoms in total. The molecule has 0 unspecified atom stereocenters. The van der Waals surface area contributed by atoms with Crippen molar-refractivity contribution in [1.82, 2.24) is 9.47 Å². The van der Waals surface area contributed by atoms with Crippen LogP contribution in [0.2, 0.25) is 5.02 Å². The number of nitrogens with zero attached hydrogens (tertiary/aromatic N) is 3. The lowest BCUT2D eigenvalue weighted by molar-refractivity contribution is -0.127. The van der Waals surface area contributed by atoms with E-state index in [0.717, 1.165) is 27.5 Å². The highest BCUT2D eigenvalue weighted by Gasteiger charge is 2.34. The van der Waals surface area contributed by atoms with Crippen molar-refractivity contribution in [3.63, 3.8) is 0 Å². The number of hydrogen-bond donors (Lipinski definition) is 0. The molecule has 0 bridgehead atoms. The summed E-state index contributed by atoms with van der Waals surface area (Å²) in [7, 11) is 1.60. The monoisotopic (exact) mass is 651 g/mol. The van der Waals surface area contributed by atoms with E-state index < -0.39 is 6.04 Å². The van der Waals surface area contributed by atoms with E-state index in [1.165, 1.54) is 11.3 Å². The summed E-state index contributed by atoms with van der Waals surface area (Å²) in [5.41, 5.74) is 3.50. The number of carbonyl (C=O) groups excluding carboxylic acids is 1. The minimum atomic E-state index is -0.636. The van der Waals surface area contributed by atoms with Crippen LogP contribution < -0.4 is 24.4 Å². The minimum absolute atomic E-state index is 0.135. The summed E-state index contributed by atoms with van der Waals surface area (Å²) in [5.74, 6) is 1.03. The molecule has 0 spiro atoms. The van der Waals surface area contributed by atoms with Crippen molar-refractivity contribution >= 4 is 45.7 Å². The number of allylic oxidation sites excluding steroid dienone is 1. The van der Waals surface area contributed by atoms with Crippen molar-refractivity contribution in [2.75, 3.05) is 20.2 Å². The van der Waals surface area contributed by atoms with Crippen LogP contribution in [0.1, 0.15) is 43.5 Å². The van der Waals surface area contributed by atoms with Gasteiger partial charge in [-0.25, -0.2) is 4.99 Å². The van der Waals surface area contributed by atoms with Gasteiger partial charge in [-0.05, 0) is 78.6 Å². The third-order valence-corrected chi connectivity index (χ3v) is 9.47. The number of methoxy groups -OCH3 is 1. The Morgan fingerprint density at radius 1 is 1.00 bits per heavy atom. The first-order valence-corrected chi connectivity index (χ1v) is 16.4. The van der Waals surface area contributed by atoms with E-state index >= 15 is 0 Å². The number of benzene rings is 4. The molecule has 0 saturated heterocycles. The molecule has 2 heterocycles. The number of likely N-dealkylation sites (N-methyl/N-ethyl adjacent to an activating group) is 1. The maximum atomic E-state index is 14.1. The summed E-state index contributed by atoms with van der Waals surface area (Å²) in [5, 5.41) is 2.88. The molecular weight excluding hydrogens is 618 g/mol. The van der Waals surface area contributed by atoms with E-state index in [1.807, 2.05) is 75.4 Å². The second-order valence-corrected chi connectivity index (χ2v) is 12.4. The fourth-order valence-electron chi connectivity index (χ4n) is 5.86. The first-order valence-electron chi connectivity index (χ1n) is 15.2. The van der Waals surface area contributed by atoms with Crippen LogP contribution in [0.3, 0.4) is 0 Å². The number of halogens is 1. The number of fused-ring (bicyclic) bond motifs is 2. The van der Waals surface area contributed by atoms with Crippen LogP contribution in [0.15, 0.2) is 106 Å². The number of hydrogen-bond acceptors (Lipinski definition) is 6. The van der Waals surface area contributed by atoms with Crippen molar-refractivity contribution in [3.05, 3.63) is 138 Å². The zero-order valence-corrected chi connectivity index (χ0v) is 27.7.